The summed E-state index contributed by atoms with van der Waals surface area (Å²) in [5, 5.41) is 8.93. The highest BCUT2D eigenvalue weighted by atomic mass is 16.4. The van der Waals surface area contributed by atoms with Crippen LogP contribution in [0.2, 0.25) is 0 Å². The van der Waals surface area contributed by atoms with E-state index in [-0.39, 0.29) is 0 Å². The monoisotopic (exact) mass is 254 g/mol. The summed E-state index contributed by atoms with van der Waals surface area (Å²) in [5.74, 6) is -0.855. The molecule has 0 bridgehead atoms. The molecule has 0 aliphatic carbocycles. The Morgan fingerprint density at radius 3 is 2.16 bits per heavy atom. The van der Waals surface area contributed by atoms with Crippen LogP contribution in [0.1, 0.15) is 34.3 Å². The molecule has 19 heavy (non-hydrogen) atoms. The molecule has 2 rings (SSSR count). The minimum atomic E-state index is -0.855. The van der Waals surface area contributed by atoms with Gasteiger partial charge in [0.05, 0.1) is 5.56 Å². The van der Waals surface area contributed by atoms with Crippen LogP contribution >= 0.6 is 0 Å². The second-order valence-electron chi connectivity index (χ2n) is 4.70. The lowest BCUT2D eigenvalue weighted by Gasteiger charge is -2.03. The fourth-order valence-corrected chi connectivity index (χ4v) is 2.16. The van der Waals surface area contributed by atoms with Crippen LogP contribution in [0.15, 0.2) is 54.6 Å². The minimum Gasteiger partial charge on any atom is -0.478 e. The number of rotatable bonds is 6. The van der Waals surface area contributed by atoms with Gasteiger partial charge >= 0.3 is 5.97 Å². The van der Waals surface area contributed by atoms with E-state index in [1.54, 1.807) is 12.1 Å². The summed E-state index contributed by atoms with van der Waals surface area (Å²) < 4.78 is 0. The molecule has 1 N–H and O–H groups in total. The van der Waals surface area contributed by atoms with Crippen molar-refractivity contribution >= 4 is 5.97 Å². The molecule has 0 unspecified atom stereocenters. The van der Waals surface area contributed by atoms with E-state index >= 15 is 0 Å². The van der Waals surface area contributed by atoms with E-state index in [4.69, 9.17) is 5.11 Å². The van der Waals surface area contributed by atoms with E-state index in [2.05, 4.69) is 24.3 Å². The summed E-state index contributed by atoms with van der Waals surface area (Å²) in [6.45, 7) is 0. The molecule has 0 saturated carbocycles. The van der Waals surface area contributed by atoms with Crippen LogP contribution in [0, 0.1) is 0 Å². The molecule has 0 aliphatic heterocycles. The Bertz CT molecular complexity index is 532. The predicted octanol–water partition coefficient (Wildman–Crippen LogP) is 3.95. The first-order valence-corrected chi connectivity index (χ1v) is 6.62. The molecule has 0 heterocycles. The van der Waals surface area contributed by atoms with Gasteiger partial charge in [-0.3, -0.25) is 0 Å². The molecule has 2 aromatic rings. The van der Waals surface area contributed by atoms with Gasteiger partial charge in [-0.1, -0.05) is 42.5 Å². The van der Waals surface area contributed by atoms with E-state index in [0.717, 1.165) is 31.2 Å². The summed E-state index contributed by atoms with van der Waals surface area (Å²) in [6, 6.07) is 17.7. The fourth-order valence-electron chi connectivity index (χ4n) is 2.16. The third kappa shape index (κ3) is 4.25. The van der Waals surface area contributed by atoms with Crippen LogP contribution in [0.4, 0.5) is 0 Å². The minimum absolute atomic E-state index is 0.376. The molecule has 2 heteroatoms. The second kappa shape index (κ2) is 6.74. The number of hydrogen-bond acceptors (Lipinski definition) is 1. The van der Waals surface area contributed by atoms with Crippen LogP contribution in [0.25, 0.3) is 0 Å². The highest BCUT2D eigenvalue weighted by Crippen LogP contribution is 2.11. The summed E-state index contributed by atoms with van der Waals surface area (Å²) >= 11 is 0. The van der Waals surface area contributed by atoms with Gasteiger partial charge in [-0.15, -0.1) is 0 Å². The molecule has 0 atom stereocenters. The SMILES string of the molecule is O=C(O)c1cccc(CCCCc2ccccc2)c1. The molecular weight excluding hydrogens is 236 g/mol. The fraction of sp³-hybridized carbons (Fsp3) is 0.235. The summed E-state index contributed by atoms with van der Waals surface area (Å²) in [4.78, 5) is 10.9. The Morgan fingerprint density at radius 1 is 0.842 bits per heavy atom. The number of unbranched alkanes of at least 4 members (excludes halogenated alkanes) is 1. The number of carbonyl (C=O) groups is 1. The zero-order valence-electron chi connectivity index (χ0n) is 10.9. The van der Waals surface area contributed by atoms with E-state index < -0.39 is 5.97 Å². The van der Waals surface area contributed by atoms with Gasteiger partial charge in [0.15, 0.2) is 0 Å². The molecular formula is C17H18O2. The lowest BCUT2D eigenvalue weighted by Crippen LogP contribution is -1.97. The molecule has 0 radical (unpaired) electrons. The van der Waals surface area contributed by atoms with Crippen molar-refractivity contribution in [2.24, 2.45) is 0 Å². The lowest BCUT2D eigenvalue weighted by molar-refractivity contribution is 0.0697. The maximum Gasteiger partial charge on any atom is 0.335 e. The summed E-state index contributed by atoms with van der Waals surface area (Å²) in [7, 11) is 0. The van der Waals surface area contributed by atoms with Crippen LogP contribution in [0.5, 0.6) is 0 Å². The predicted molar refractivity (Wildman–Crippen MR) is 76.5 cm³/mol. The van der Waals surface area contributed by atoms with Gasteiger partial charge < -0.3 is 5.11 Å². The van der Waals surface area contributed by atoms with Crippen molar-refractivity contribution in [3.63, 3.8) is 0 Å². The molecule has 0 aliphatic rings. The van der Waals surface area contributed by atoms with Crippen molar-refractivity contribution in [1.82, 2.24) is 0 Å². The van der Waals surface area contributed by atoms with Crippen LogP contribution in [-0.4, -0.2) is 11.1 Å². The number of carboxylic acids is 1. The Hall–Kier alpha value is -2.09. The van der Waals surface area contributed by atoms with Crippen molar-refractivity contribution in [2.75, 3.05) is 0 Å². The first kappa shape index (κ1) is 13.3. The molecule has 0 aromatic heterocycles. The van der Waals surface area contributed by atoms with E-state index in [0.29, 0.717) is 5.56 Å². The van der Waals surface area contributed by atoms with Crippen molar-refractivity contribution in [3.05, 3.63) is 71.3 Å². The average Bonchev–Trinajstić information content (AvgIpc) is 2.45. The van der Waals surface area contributed by atoms with Gasteiger partial charge in [-0.05, 0) is 48.9 Å². The normalized spacial score (nSPS) is 10.3. The molecule has 0 saturated heterocycles. The standard InChI is InChI=1S/C17H18O2/c18-17(19)16-12-6-11-15(13-16)10-5-4-9-14-7-2-1-3-8-14/h1-3,6-8,11-13H,4-5,9-10H2,(H,18,19). The highest BCUT2D eigenvalue weighted by Gasteiger charge is 2.02. The maximum absolute atomic E-state index is 10.9. The smallest absolute Gasteiger partial charge is 0.335 e. The molecule has 0 amide bonds. The van der Waals surface area contributed by atoms with E-state index in [1.165, 1.54) is 5.56 Å². The Kier molecular flexibility index (Phi) is 4.73. The van der Waals surface area contributed by atoms with Gasteiger partial charge in [0.2, 0.25) is 0 Å². The van der Waals surface area contributed by atoms with Gasteiger partial charge in [0, 0.05) is 0 Å². The molecule has 2 nitrogen and oxygen atoms in total. The van der Waals surface area contributed by atoms with Crippen molar-refractivity contribution in [2.45, 2.75) is 25.7 Å². The Balaban J connectivity index is 1.80. The van der Waals surface area contributed by atoms with Gasteiger partial charge in [0.25, 0.3) is 0 Å². The number of aromatic carboxylic acids is 1. The van der Waals surface area contributed by atoms with E-state index in [9.17, 15) is 4.79 Å². The maximum atomic E-state index is 10.9. The van der Waals surface area contributed by atoms with Crippen LogP contribution in [0.3, 0.4) is 0 Å². The Labute approximate surface area is 113 Å². The van der Waals surface area contributed by atoms with Gasteiger partial charge in [0.1, 0.15) is 0 Å². The zero-order chi connectivity index (χ0) is 13.5. The largest absolute Gasteiger partial charge is 0.478 e. The zero-order valence-corrected chi connectivity index (χ0v) is 10.9. The van der Waals surface area contributed by atoms with E-state index in [1.807, 2.05) is 18.2 Å². The third-order valence-electron chi connectivity index (χ3n) is 3.20. The summed E-state index contributed by atoms with van der Waals surface area (Å²) in [6.07, 6.45) is 4.23. The quantitative estimate of drug-likeness (QED) is 0.792. The first-order chi connectivity index (χ1) is 9.25. The number of benzene rings is 2. The molecule has 0 spiro atoms. The summed E-state index contributed by atoms with van der Waals surface area (Å²) in [5.41, 5.74) is 2.84. The van der Waals surface area contributed by atoms with Crippen molar-refractivity contribution in [3.8, 4) is 0 Å². The number of hydrogen-bond donors (Lipinski definition) is 1. The average molecular weight is 254 g/mol. The lowest BCUT2D eigenvalue weighted by atomic mass is 10.0. The van der Waals surface area contributed by atoms with Crippen molar-refractivity contribution < 1.29 is 9.90 Å². The second-order valence-corrected chi connectivity index (χ2v) is 4.70. The Morgan fingerprint density at radius 2 is 1.47 bits per heavy atom. The topological polar surface area (TPSA) is 37.3 Å². The van der Waals surface area contributed by atoms with Crippen molar-refractivity contribution in [1.29, 1.82) is 0 Å². The van der Waals surface area contributed by atoms with Crippen LogP contribution in [-0.2, 0) is 12.8 Å². The highest BCUT2D eigenvalue weighted by molar-refractivity contribution is 5.87. The molecule has 0 fully saturated rings. The number of aryl methyl sites for hydroxylation is 2. The first-order valence-electron chi connectivity index (χ1n) is 6.62. The molecule has 98 valence electrons. The molecule has 2 aromatic carbocycles. The van der Waals surface area contributed by atoms with Gasteiger partial charge in [-0.25, -0.2) is 4.79 Å². The van der Waals surface area contributed by atoms with Gasteiger partial charge in [-0.2, -0.15) is 0 Å². The third-order valence-corrected chi connectivity index (χ3v) is 3.20. The number of carboxylic acid groups (broad SMARTS) is 1. The van der Waals surface area contributed by atoms with Crippen LogP contribution < -0.4 is 0 Å².